The smallest absolute Gasteiger partial charge is 0.193 e. The zero-order valence-corrected chi connectivity index (χ0v) is 17.7. The van der Waals surface area contributed by atoms with Crippen molar-refractivity contribution < 1.29 is 18.9 Å². The average molecular weight is 485 g/mol. The molecule has 2 aromatic rings. The summed E-state index contributed by atoms with van der Waals surface area (Å²) in [6, 6.07) is 11.2. The van der Waals surface area contributed by atoms with Gasteiger partial charge >= 0.3 is 0 Å². The zero-order chi connectivity index (χ0) is 18.4. The van der Waals surface area contributed by atoms with E-state index in [4.69, 9.17) is 24.7 Å². The molecule has 27 heavy (non-hydrogen) atoms. The van der Waals surface area contributed by atoms with Crippen LogP contribution in [0.2, 0.25) is 0 Å². The lowest BCUT2D eigenvalue weighted by atomic mass is 10.2. The van der Waals surface area contributed by atoms with Gasteiger partial charge in [-0.2, -0.15) is 0 Å². The Labute approximate surface area is 175 Å². The predicted molar refractivity (Wildman–Crippen MR) is 116 cm³/mol. The molecule has 0 spiro atoms. The lowest BCUT2D eigenvalue weighted by molar-refractivity contribution is 0.297. The van der Waals surface area contributed by atoms with Crippen molar-refractivity contribution in [2.24, 2.45) is 10.7 Å². The van der Waals surface area contributed by atoms with Crippen LogP contribution < -0.4 is 30.0 Å². The summed E-state index contributed by atoms with van der Waals surface area (Å²) < 4.78 is 21.9. The minimum Gasteiger partial charge on any atom is -0.497 e. The molecule has 0 radical (unpaired) electrons. The first-order valence-corrected chi connectivity index (χ1v) is 8.37. The van der Waals surface area contributed by atoms with E-state index in [1.54, 1.807) is 26.4 Å². The molecular formula is C19H24IN3O4. The minimum atomic E-state index is 0. The highest BCUT2D eigenvalue weighted by Crippen LogP contribution is 2.31. The van der Waals surface area contributed by atoms with Gasteiger partial charge in [0.2, 0.25) is 0 Å². The van der Waals surface area contributed by atoms with Gasteiger partial charge in [0.15, 0.2) is 17.5 Å². The molecule has 146 valence electrons. The first-order chi connectivity index (χ1) is 12.7. The van der Waals surface area contributed by atoms with Crippen molar-refractivity contribution in [3.05, 3.63) is 42.0 Å². The summed E-state index contributed by atoms with van der Waals surface area (Å²) in [5, 5.41) is 3.05. The predicted octanol–water partition coefficient (Wildman–Crippen LogP) is 3.41. The number of rotatable bonds is 5. The number of aliphatic imine (C=N–C) groups is 1. The van der Waals surface area contributed by atoms with Gasteiger partial charge in [0.05, 0.1) is 39.7 Å². The standard InChI is InChI=1S/C19H23N3O4.HI/c1-23-14-5-7-16(24-2)15(11-14)22-19(20)21-12-13-4-6-17-18(10-13)26-9-3-8-25-17;/h4-7,10-11H,3,8-9,12H2,1-2H3,(H3,20,21,22);1H. The fourth-order valence-corrected chi connectivity index (χ4v) is 2.57. The highest BCUT2D eigenvalue weighted by Gasteiger charge is 2.11. The zero-order valence-electron chi connectivity index (χ0n) is 15.4. The number of nitrogens with one attached hydrogen (secondary N) is 1. The Morgan fingerprint density at radius 3 is 2.59 bits per heavy atom. The molecule has 0 saturated heterocycles. The third-order valence-electron chi connectivity index (χ3n) is 3.91. The van der Waals surface area contributed by atoms with Crippen molar-refractivity contribution in [2.45, 2.75) is 13.0 Å². The van der Waals surface area contributed by atoms with Crippen LogP contribution in [0.25, 0.3) is 0 Å². The normalized spacial score (nSPS) is 13.2. The maximum Gasteiger partial charge on any atom is 0.193 e. The maximum atomic E-state index is 6.02. The van der Waals surface area contributed by atoms with Crippen LogP contribution in [0.4, 0.5) is 5.69 Å². The van der Waals surface area contributed by atoms with Gasteiger partial charge in [-0.25, -0.2) is 4.99 Å². The lowest BCUT2D eigenvalue weighted by Gasteiger charge is -2.12. The van der Waals surface area contributed by atoms with Gasteiger partial charge in [0.1, 0.15) is 11.5 Å². The van der Waals surface area contributed by atoms with E-state index in [2.05, 4.69) is 10.3 Å². The molecule has 1 aliphatic rings. The van der Waals surface area contributed by atoms with Crippen molar-refractivity contribution in [2.75, 3.05) is 32.8 Å². The monoisotopic (exact) mass is 485 g/mol. The minimum absolute atomic E-state index is 0. The Bertz CT molecular complexity index is 799. The van der Waals surface area contributed by atoms with E-state index in [0.29, 0.717) is 36.9 Å². The molecule has 0 saturated carbocycles. The number of nitrogens with two attached hydrogens (primary N) is 1. The Morgan fingerprint density at radius 2 is 1.85 bits per heavy atom. The van der Waals surface area contributed by atoms with E-state index in [-0.39, 0.29) is 29.9 Å². The van der Waals surface area contributed by atoms with E-state index < -0.39 is 0 Å². The first kappa shape index (κ1) is 20.9. The van der Waals surface area contributed by atoms with E-state index in [9.17, 15) is 0 Å². The van der Waals surface area contributed by atoms with Crippen LogP contribution in [0.1, 0.15) is 12.0 Å². The van der Waals surface area contributed by atoms with Crippen molar-refractivity contribution in [1.82, 2.24) is 0 Å². The average Bonchev–Trinajstić information content (AvgIpc) is 2.91. The molecule has 8 heteroatoms. The van der Waals surface area contributed by atoms with Crippen molar-refractivity contribution >= 4 is 35.6 Å². The molecule has 0 unspecified atom stereocenters. The van der Waals surface area contributed by atoms with Crippen LogP contribution in [0.15, 0.2) is 41.4 Å². The molecule has 0 aliphatic carbocycles. The molecule has 1 aliphatic heterocycles. The highest BCUT2D eigenvalue weighted by atomic mass is 127. The summed E-state index contributed by atoms with van der Waals surface area (Å²) in [6.45, 7) is 1.74. The highest BCUT2D eigenvalue weighted by molar-refractivity contribution is 14.0. The summed E-state index contributed by atoms with van der Waals surface area (Å²) in [5.74, 6) is 3.14. The van der Waals surface area contributed by atoms with Gasteiger partial charge in [-0.15, -0.1) is 24.0 Å². The molecule has 0 aromatic heterocycles. The molecule has 3 rings (SSSR count). The van der Waals surface area contributed by atoms with Gasteiger partial charge in [-0.1, -0.05) is 6.07 Å². The van der Waals surface area contributed by atoms with E-state index in [1.807, 2.05) is 24.3 Å². The van der Waals surface area contributed by atoms with E-state index in [0.717, 1.165) is 23.5 Å². The van der Waals surface area contributed by atoms with Gasteiger partial charge in [0, 0.05) is 12.5 Å². The largest absolute Gasteiger partial charge is 0.497 e. The second-order valence-corrected chi connectivity index (χ2v) is 5.72. The number of anilines is 1. The quantitative estimate of drug-likeness (QED) is 0.384. The van der Waals surface area contributed by atoms with Crippen LogP contribution in [0.3, 0.4) is 0 Å². The van der Waals surface area contributed by atoms with Crippen molar-refractivity contribution in [1.29, 1.82) is 0 Å². The van der Waals surface area contributed by atoms with Crippen LogP contribution in [0.5, 0.6) is 23.0 Å². The number of methoxy groups -OCH3 is 2. The Balaban J connectivity index is 0.00000261. The number of ether oxygens (including phenoxy) is 4. The maximum absolute atomic E-state index is 6.02. The molecule has 7 nitrogen and oxygen atoms in total. The first-order valence-electron chi connectivity index (χ1n) is 8.37. The molecule has 2 aromatic carbocycles. The second-order valence-electron chi connectivity index (χ2n) is 5.72. The molecule has 0 atom stereocenters. The number of nitrogens with zero attached hydrogens (tertiary/aromatic N) is 1. The Hall–Kier alpha value is -2.36. The number of benzene rings is 2. The Morgan fingerprint density at radius 1 is 1.07 bits per heavy atom. The fourth-order valence-electron chi connectivity index (χ4n) is 2.57. The molecule has 0 bridgehead atoms. The molecule has 0 fully saturated rings. The molecular weight excluding hydrogens is 461 g/mol. The summed E-state index contributed by atoms with van der Waals surface area (Å²) in [5.41, 5.74) is 7.69. The summed E-state index contributed by atoms with van der Waals surface area (Å²) in [6.07, 6.45) is 0.876. The molecule has 1 heterocycles. The topological polar surface area (TPSA) is 87.3 Å². The molecule has 3 N–H and O–H groups in total. The van der Waals surface area contributed by atoms with Crippen LogP contribution >= 0.6 is 24.0 Å². The number of hydrogen-bond acceptors (Lipinski definition) is 5. The van der Waals surface area contributed by atoms with Gasteiger partial charge in [0.25, 0.3) is 0 Å². The number of fused-ring (bicyclic) bond motifs is 1. The summed E-state index contributed by atoms with van der Waals surface area (Å²) in [4.78, 5) is 4.38. The number of guanidine groups is 1. The fraction of sp³-hybridized carbons (Fsp3) is 0.316. The number of halogens is 1. The Kier molecular flexibility index (Phi) is 7.83. The van der Waals surface area contributed by atoms with Crippen LogP contribution in [-0.4, -0.2) is 33.4 Å². The lowest BCUT2D eigenvalue weighted by Crippen LogP contribution is -2.23. The van der Waals surface area contributed by atoms with E-state index in [1.165, 1.54) is 0 Å². The summed E-state index contributed by atoms with van der Waals surface area (Å²) >= 11 is 0. The van der Waals surface area contributed by atoms with Crippen molar-refractivity contribution in [3.63, 3.8) is 0 Å². The van der Waals surface area contributed by atoms with E-state index >= 15 is 0 Å². The summed E-state index contributed by atoms with van der Waals surface area (Å²) in [7, 11) is 3.20. The third-order valence-corrected chi connectivity index (χ3v) is 3.91. The van der Waals surface area contributed by atoms with Crippen LogP contribution in [0, 0.1) is 0 Å². The van der Waals surface area contributed by atoms with Gasteiger partial charge < -0.3 is 30.0 Å². The molecule has 0 amide bonds. The van der Waals surface area contributed by atoms with Gasteiger partial charge in [-0.3, -0.25) is 0 Å². The van der Waals surface area contributed by atoms with Crippen LogP contribution in [-0.2, 0) is 6.54 Å². The SMILES string of the molecule is COc1ccc(OC)c(NC(N)=NCc2ccc3c(c2)OCCCO3)c1.I. The number of hydrogen-bond donors (Lipinski definition) is 2. The third kappa shape index (κ3) is 5.56. The van der Waals surface area contributed by atoms with Crippen molar-refractivity contribution in [3.8, 4) is 23.0 Å². The van der Waals surface area contributed by atoms with Gasteiger partial charge in [-0.05, 0) is 29.8 Å². The second kappa shape index (κ2) is 10.1.